The fourth-order valence-electron chi connectivity index (χ4n) is 6.11. The summed E-state index contributed by atoms with van der Waals surface area (Å²) in [5.41, 5.74) is -1.68. The molecule has 1 heterocycles. The number of hydrogen-bond acceptors (Lipinski definition) is 3. The zero-order valence-corrected chi connectivity index (χ0v) is 19.9. The molecule has 0 aromatic heterocycles. The van der Waals surface area contributed by atoms with Crippen molar-refractivity contribution in [3.05, 3.63) is 35.9 Å². The minimum absolute atomic E-state index is 0. The van der Waals surface area contributed by atoms with Crippen LogP contribution in [0.4, 0.5) is 8.78 Å². The summed E-state index contributed by atoms with van der Waals surface area (Å²) >= 11 is 0. The summed E-state index contributed by atoms with van der Waals surface area (Å²) in [5.74, 6) is -3.14. The number of quaternary nitrogens is 1. The highest BCUT2D eigenvalue weighted by Gasteiger charge is 2.55. The lowest BCUT2D eigenvalue weighted by Gasteiger charge is -2.42. The molecule has 0 amide bonds. The normalized spacial score (nSPS) is 33.4. The molecule has 4 atom stereocenters. The molecule has 0 spiro atoms. The smallest absolute Gasteiger partial charge is 0.343 e. The molecule has 3 aliphatic rings. The van der Waals surface area contributed by atoms with Crippen molar-refractivity contribution in [1.29, 1.82) is 0 Å². The molecule has 1 N–H and O–H groups in total. The van der Waals surface area contributed by atoms with Gasteiger partial charge in [-0.05, 0) is 24.8 Å². The highest BCUT2D eigenvalue weighted by atomic mass is 127. The van der Waals surface area contributed by atoms with Crippen molar-refractivity contribution in [2.75, 3.05) is 33.8 Å². The lowest BCUT2D eigenvalue weighted by atomic mass is 9.80. The first-order valence-electron chi connectivity index (χ1n) is 10.8. The van der Waals surface area contributed by atoms with E-state index in [0.29, 0.717) is 23.3 Å². The van der Waals surface area contributed by atoms with Crippen LogP contribution in [-0.4, -0.2) is 55.3 Å². The number of aliphatic hydroxyl groups is 1. The molecule has 1 aromatic carbocycles. The molecular formula is C23H32F2INO3. The lowest BCUT2D eigenvalue weighted by Crippen LogP contribution is -3.00. The van der Waals surface area contributed by atoms with Gasteiger partial charge in [-0.1, -0.05) is 30.3 Å². The van der Waals surface area contributed by atoms with Crippen molar-refractivity contribution >= 4 is 5.97 Å². The molecular weight excluding hydrogens is 503 g/mol. The van der Waals surface area contributed by atoms with Crippen LogP contribution in [0, 0.1) is 23.7 Å². The number of rotatable bonds is 5. The number of piperidine rings is 1. The summed E-state index contributed by atoms with van der Waals surface area (Å²) in [4.78, 5) is 13.1. The Morgan fingerprint density at radius 3 is 2.30 bits per heavy atom. The largest absolute Gasteiger partial charge is 1.00 e. The number of benzene rings is 1. The second-order valence-electron chi connectivity index (χ2n) is 10.1. The third kappa shape index (κ3) is 4.53. The van der Waals surface area contributed by atoms with Gasteiger partial charge in [-0.25, -0.2) is 13.6 Å². The third-order valence-corrected chi connectivity index (χ3v) is 7.50. The van der Waals surface area contributed by atoms with Crippen LogP contribution >= 0.6 is 0 Å². The monoisotopic (exact) mass is 535 g/mol. The molecule has 2 unspecified atom stereocenters. The van der Waals surface area contributed by atoms with Gasteiger partial charge in [0.05, 0.1) is 33.8 Å². The van der Waals surface area contributed by atoms with Gasteiger partial charge >= 0.3 is 5.97 Å². The third-order valence-electron chi connectivity index (χ3n) is 7.50. The Morgan fingerprint density at radius 1 is 1.17 bits per heavy atom. The summed E-state index contributed by atoms with van der Waals surface area (Å²) in [7, 11) is 4.48. The molecule has 0 radical (unpaired) electrons. The highest BCUT2D eigenvalue weighted by Crippen LogP contribution is 2.48. The maximum atomic E-state index is 13.9. The number of hydrogen-bond donors (Lipinski definition) is 1. The first-order chi connectivity index (χ1) is 13.6. The minimum Gasteiger partial charge on any atom is -1.00 e. The molecule has 30 heavy (non-hydrogen) atoms. The second-order valence-corrected chi connectivity index (χ2v) is 10.1. The number of halogens is 3. The topological polar surface area (TPSA) is 46.5 Å². The van der Waals surface area contributed by atoms with Crippen molar-refractivity contribution in [2.24, 2.45) is 23.7 Å². The highest BCUT2D eigenvalue weighted by molar-refractivity contribution is 5.81. The van der Waals surface area contributed by atoms with E-state index in [-0.39, 0.29) is 43.4 Å². The number of nitrogens with zero attached hydrogens (tertiary/aromatic N) is 1. The van der Waals surface area contributed by atoms with Crippen molar-refractivity contribution in [1.82, 2.24) is 0 Å². The first-order valence-corrected chi connectivity index (χ1v) is 10.8. The van der Waals surface area contributed by atoms with Crippen molar-refractivity contribution in [3.63, 3.8) is 0 Å². The summed E-state index contributed by atoms with van der Waals surface area (Å²) < 4.78 is 34.5. The number of fused-ring (bicyclic) bond motifs is 2. The number of carbonyl (C=O) groups excluding carboxylic acids is 1. The molecule has 4 rings (SSSR count). The standard InChI is InChI=1S/C23H32F2NO3.HI/c1-26(2)13-16-8-9-17(14-26)20(16)15-29-21(27)23(28,18-6-4-3-5-7-18)19-10-11-22(24,25)12-19;/h3-7,16-17,19-20,28H,8-15H2,1-2H3;1H/q+1;/p-1/t16?,17?,19-,20?,23-;/m0./s1. The molecule has 1 saturated heterocycles. The Labute approximate surface area is 194 Å². The van der Waals surface area contributed by atoms with Crippen molar-refractivity contribution in [3.8, 4) is 0 Å². The van der Waals surface area contributed by atoms with Gasteiger partial charge in [-0.15, -0.1) is 0 Å². The predicted molar refractivity (Wildman–Crippen MR) is 105 cm³/mol. The fraction of sp³-hybridized carbons (Fsp3) is 0.696. The number of carbonyl (C=O) groups is 1. The maximum Gasteiger partial charge on any atom is 0.343 e. The van der Waals surface area contributed by atoms with E-state index in [1.54, 1.807) is 30.3 Å². The Morgan fingerprint density at radius 2 is 1.77 bits per heavy atom. The Bertz CT molecular complexity index is 744. The van der Waals surface area contributed by atoms with Crippen LogP contribution in [-0.2, 0) is 15.1 Å². The van der Waals surface area contributed by atoms with E-state index < -0.39 is 29.8 Å². The quantitative estimate of drug-likeness (QED) is 0.341. The molecule has 168 valence electrons. The van der Waals surface area contributed by atoms with Crippen LogP contribution in [0.15, 0.2) is 30.3 Å². The number of alkyl halides is 2. The van der Waals surface area contributed by atoms with E-state index in [1.165, 1.54) is 0 Å². The average molecular weight is 535 g/mol. The lowest BCUT2D eigenvalue weighted by molar-refractivity contribution is -0.902. The Kier molecular flexibility index (Phi) is 6.85. The van der Waals surface area contributed by atoms with Crippen LogP contribution in [0.5, 0.6) is 0 Å². The predicted octanol–water partition coefficient (Wildman–Crippen LogP) is 0.589. The first kappa shape index (κ1) is 23.9. The molecule has 2 saturated carbocycles. The van der Waals surface area contributed by atoms with Gasteiger partial charge < -0.3 is 38.3 Å². The van der Waals surface area contributed by atoms with E-state index in [0.717, 1.165) is 30.4 Å². The van der Waals surface area contributed by atoms with Crippen LogP contribution in [0.25, 0.3) is 0 Å². The molecule has 2 aliphatic carbocycles. The van der Waals surface area contributed by atoms with Crippen LogP contribution in [0.2, 0.25) is 0 Å². The Balaban J connectivity index is 0.00000256. The van der Waals surface area contributed by atoms with Crippen molar-refractivity contribution < 1.29 is 51.9 Å². The van der Waals surface area contributed by atoms with Gasteiger partial charge in [0, 0.05) is 36.5 Å². The molecule has 3 fully saturated rings. The van der Waals surface area contributed by atoms with E-state index in [9.17, 15) is 18.7 Å². The summed E-state index contributed by atoms with van der Waals surface area (Å²) in [6.45, 7) is 2.40. The molecule has 1 aromatic rings. The zero-order valence-electron chi connectivity index (χ0n) is 17.7. The zero-order chi connectivity index (χ0) is 20.9. The fourth-order valence-corrected chi connectivity index (χ4v) is 6.11. The average Bonchev–Trinajstić information content (AvgIpc) is 3.16. The van der Waals surface area contributed by atoms with Crippen LogP contribution in [0.1, 0.15) is 37.7 Å². The van der Waals surface area contributed by atoms with Crippen LogP contribution in [0.3, 0.4) is 0 Å². The summed E-state index contributed by atoms with van der Waals surface area (Å²) in [6.07, 6.45) is 1.60. The molecule has 7 heteroatoms. The summed E-state index contributed by atoms with van der Waals surface area (Å²) in [5, 5.41) is 11.4. The minimum atomic E-state index is -2.85. The van der Waals surface area contributed by atoms with E-state index in [4.69, 9.17) is 4.74 Å². The number of ether oxygens (including phenoxy) is 1. The van der Waals surface area contributed by atoms with Gasteiger partial charge in [0.25, 0.3) is 0 Å². The second kappa shape index (κ2) is 8.62. The van der Waals surface area contributed by atoms with Gasteiger partial charge in [-0.3, -0.25) is 0 Å². The summed E-state index contributed by atoms with van der Waals surface area (Å²) in [6, 6.07) is 8.45. The number of esters is 1. The molecule has 4 nitrogen and oxygen atoms in total. The molecule has 1 aliphatic heterocycles. The van der Waals surface area contributed by atoms with Crippen molar-refractivity contribution in [2.45, 2.75) is 43.6 Å². The SMILES string of the molecule is C[N+]1(C)CC2CCC(C1)C2COC(=O)[C@](O)(c1ccccc1)[C@H]1CCC(F)(F)C1.[I-]. The van der Waals surface area contributed by atoms with E-state index >= 15 is 0 Å². The Hall–Kier alpha value is -0.800. The van der Waals surface area contributed by atoms with Gasteiger partial charge in [-0.2, -0.15) is 0 Å². The molecule has 2 bridgehead atoms. The van der Waals surface area contributed by atoms with E-state index in [1.807, 2.05) is 0 Å². The van der Waals surface area contributed by atoms with Gasteiger partial charge in [0.15, 0.2) is 5.60 Å². The van der Waals surface area contributed by atoms with Gasteiger partial charge in [0.1, 0.15) is 0 Å². The van der Waals surface area contributed by atoms with Gasteiger partial charge in [0.2, 0.25) is 5.92 Å². The maximum absolute atomic E-state index is 13.9. The van der Waals surface area contributed by atoms with E-state index in [2.05, 4.69) is 14.1 Å². The van der Waals surface area contributed by atoms with Crippen LogP contribution < -0.4 is 24.0 Å². The number of likely N-dealkylation sites (tertiary alicyclic amines) is 1.